The summed E-state index contributed by atoms with van der Waals surface area (Å²) in [6.07, 6.45) is 6.76. The molecule has 100 valence electrons. The monoisotopic (exact) mass is 245 g/mol. The van der Waals surface area contributed by atoms with E-state index in [9.17, 15) is 0 Å². The molecule has 2 unspecified atom stereocenters. The Labute approximate surface area is 112 Å². The van der Waals surface area contributed by atoms with Gasteiger partial charge < -0.3 is 4.90 Å². The van der Waals surface area contributed by atoms with Crippen LogP contribution in [0.15, 0.2) is 24.3 Å². The number of rotatable bonds is 4. The predicted octanol–water partition coefficient (Wildman–Crippen LogP) is 4.08. The average molecular weight is 245 g/mol. The zero-order valence-electron chi connectivity index (χ0n) is 12.2. The summed E-state index contributed by atoms with van der Waals surface area (Å²) in [5, 5.41) is 0. The molecular weight excluding hydrogens is 218 g/mol. The van der Waals surface area contributed by atoms with E-state index in [-0.39, 0.29) is 0 Å². The summed E-state index contributed by atoms with van der Waals surface area (Å²) in [5.41, 5.74) is 3.07. The van der Waals surface area contributed by atoms with Gasteiger partial charge in [-0.15, -0.1) is 0 Å². The average Bonchev–Trinajstić information content (AvgIpc) is 2.39. The molecule has 1 aromatic carbocycles. The van der Waals surface area contributed by atoms with Gasteiger partial charge in [-0.25, -0.2) is 0 Å². The second kappa shape index (κ2) is 6.38. The molecule has 1 nitrogen and oxygen atoms in total. The fourth-order valence-electron chi connectivity index (χ4n) is 3.38. The fourth-order valence-corrected chi connectivity index (χ4v) is 3.38. The van der Waals surface area contributed by atoms with Crippen LogP contribution in [0.1, 0.15) is 49.7 Å². The molecule has 0 radical (unpaired) electrons. The first kappa shape index (κ1) is 13.6. The van der Waals surface area contributed by atoms with Gasteiger partial charge in [0.05, 0.1) is 0 Å². The van der Waals surface area contributed by atoms with Gasteiger partial charge in [-0.3, -0.25) is 0 Å². The largest absolute Gasteiger partial charge is 0.309 e. The normalized spacial score (nSPS) is 24.4. The molecule has 2 atom stereocenters. The van der Waals surface area contributed by atoms with E-state index in [4.69, 9.17) is 0 Å². The van der Waals surface area contributed by atoms with Gasteiger partial charge in [-0.1, -0.05) is 44.0 Å². The van der Waals surface area contributed by atoms with Crippen LogP contribution in [0.25, 0.3) is 0 Å². The molecule has 0 N–H and O–H groups in total. The molecule has 1 aromatic rings. The predicted molar refractivity (Wildman–Crippen MR) is 79.1 cm³/mol. The van der Waals surface area contributed by atoms with E-state index in [1.807, 2.05) is 0 Å². The molecule has 0 amide bonds. The quantitative estimate of drug-likeness (QED) is 0.772. The molecular formula is C17H27N. The minimum absolute atomic E-state index is 0.785. The summed E-state index contributed by atoms with van der Waals surface area (Å²) >= 11 is 0. The first-order valence-electron chi connectivity index (χ1n) is 7.44. The van der Waals surface area contributed by atoms with Crippen molar-refractivity contribution in [1.29, 1.82) is 0 Å². The molecule has 18 heavy (non-hydrogen) atoms. The van der Waals surface area contributed by atoms with Crippen LogP contribution in [-0.2, 0) is 6.42 Å². The fraction of sp³-hybridized carbons (Fsp3) is 0.647. The van der Waals surface area contributed by atoms with E-state index in [0.29, 0.717) is 0 Å². The lowest BCUT2D eigenvalue weighted by molar-refractivity contribution is 0.233. The third-order valence-corrected chi connectivity index (χ3v) is 4.30. The number of nitrogens with zero attached hydrogens (tertiary/aromatic N) is 1. The Balaban J connectivity index is 2.16. The molecule has 0 saturated heterocycles. The van der Waals surface area contributed by atoms with Gasteiger partial charge in [-0.05, 0) is 56.3 Å². The van der Waals surface area contributed by atoms with Gasteiger partial charge in [0.25, 0.3) is 0 Å². The highest BCUT2D eigenvalue weighted by Gasteiger charge is 2.26. The summed E-state index contributed by atoms with van der Waals surface area (Å²) in [5.74, 6) is 1.63. The summed E-state index contributed by atoms with van der Waals surface area (Å²) in [7, 11) is 4.41. The van der Waals surface area contributed by atoms with Crippen LogP contribution < -0.4 is 0 Å². The van der Waals surface area contributed by atoms with Crippen LogP contribution in [0.2, 0.25) is 0 Å². The van der Waals surface area contributed by atoms with E-state index in [0.717, 1.165) is 18.3 Å². The van der Waals surface area contributed by atoms with Crippen LogP contribution in [-0.4, -0.2) is 25.5 Å². The lowest BCUT2D eigenvalue weighted by atomic mass is 9.75. The second-order valence-electron chi connectivity index (χ2n) is 6.01. The Hall–Kier alpha value is -0.820. The van der Waals surface area contributed by atoms with Crippen molar-refractivity contribution in [2.24, 2.45) is 5.92 Å². The summed E-state index contributed by atoms with van der Waals surface area (Å²) in [4.78, 5) is 2.35. The number of hydrogen-bond donors (Lipinski definition) is 0. The van der Waals surface area contributed by atoms with Crippen molar-refractivity contribution in [3.63, 3.8) is 0 Å². The molecule has 1 aliphatic carbocycles. The second-order valence-corrected chi connectivity index (χ2v) is 6.01. The van der Waals surface area contributed by atoms with Crippen molar-refractivity contribution in [1.82, 2.24) is 4.90 Å². The molecule has 1 fully saturated rings. The SMILES string of the molecule is CCc1cccc(C2CCCCC2CN(C)C)c1. The number of hydrogen-bond acceptors (Lipinski definition) is 1. The summed E-state index contributed by atoms with van der Waals surface area (Å²) in [6, 6.07) is 9.29. The Morgan fingerprint density at radius 3 is 2.67 bits per heavy atom. The van der Waals surface area contributed by atoms with E-state index >= 15 is 0 Å². The maximum atomic E-state index is 2.44. The zero-order valence-corrected chi connectivity index (χ0v) is 12.2. The van der Waals surface area contributed by atoms with Gasteiger partial charge >= 0.3 is 0 Å². The zero-order chi connectivity index (χ0) is 13.0. The Morgan fingerprint density at radius 1 is 1.17 bits per heavy atom. The lowest BCUT2D eigenvalue weighted by Gasteiger charge is -2.34. The molecule has 1 heteroatoms. The molecule has 0 aliphatic heterocycles. The molecule has 0 aromatic heterocycles. The first-order chi connectivity index (χ1) is 8.70. The van der Waals surface area contributed by atoms with Crippen molar-refractivity contribution < 1.29 is 0 Å². The van der Waals surface area contributed by atoms with E-state index in [2.05, 4.69) is 50.2 Å². The molecule has 1 saturated carbocycles. The van der Waals surface area contributed by atoms with Crippen molar-refractivity contribution in [2.45, 2.75) is 44.9 Å². The van der Waals surface area contributed by atoms with Gasteiger partial charge in [-0.2, -0.15) is 0 Å². The minimum atomic E-state index is 0.785. The third-order valence-electron chi connectivity index (χ3n) is 4.30. The van der Waals surface area contributed by atoms with Gasteiger partial charge in [0.2, 0.25) is 0 Å². The molecule has 2 rings (SSSR count). The summed E-state index contributed by atoms with van der Waals surface area (Å²) in [6.45, 7) is 3.48. The summed E-state index contributed by atoms with van der Waals surface area (Å²) < 4.78 is 0. The van der Waals surface area contributed by atoms with Gasteiger partial charge in [0.1, 0.15) is 0 Å². The molecule has 0 heterocycles. The maximum absolute atomic E-state index is 2.44. The van der Waals surface area contributed by atoms with Crippen LogP contribution in [0.5, 0.6) is 0 Å². The van der Waals surface area contributed by atoms with Gasteiger partial charge in [0.15, 0.2) is 0 Å². The van der Waals surface area contributed by atoms with Crippen molar-refractivity contribution in [3.8, 4) is 0 Å². The molecule has 0 spiro atoms. The third kappa shape index (κ3) is 3.35. The highest BCUT2D eigenvalue weighted by molar-refractivity contribution is 5.27. The molecule has 0 bridgehead atoms. The standard InChI is InChI=1S/C17H27N/c1-4-14-8-7-10-15(12-14)17-11-6-5-9-16(17)13-18(2)3/h7-8,10,12,16-17H,4-6,9,11,13H2,1-3H3. The maximum Gasteiger partial charge on any atom is 0.000941 e. The van der Waals surface area contributed by atoms with E-state index in [1.165, 1.54) is 37.8 Å². The minimum Gasteiger partial charge on any atom is -0.309 e. The van der Waals surface area contributed by atoms with Crippen molar-refractivity contribution in [3.05, 3.63) is 35.4 Å². The molecule has 1 aliphatic rings. The highest BCUT2D eigenvalue weighted by atomic mass is 15.1. The topological polar surface area (TPSA) is 3.24 Å². The highest BCUT2D eigenvalue weighted by Crippen LogP contribution is 2.38. The number of benzene rings is 1. The van der Waals surface area contributed by atoms with Crippen LogP contribution in [0.3, 0.4) is 0 Å². The Morgan fingerprint density at radius 2 is 1.94 bits per heavy atom. The van der Waals surface area contributed by atoms with E-state index < -0.39 is 0 Å². The van der Waals surface area contributed by atoms with Gasteiger partial charge in [0, 0.05) is 6.54 Å². The Bertz CT molecular complexity index is 370. The van der Waals surface area contributed by atoms with Crippen molar-refractivity contribution in [2.75, 3.05) is 20.6 Å². The smallest absolute Gasteiger partial charge is 0.000941 e. The van der Waals surface area contributed by atoms with Crippen LogP contribution >= 0.6 is 0 Å². The number of aryl methyl sites for hydroxylation is 1. The first-order valence-corrected chi connectivity index (χ1v) is 7.44. The Kier molecular flexibility index (Phi) is 4.82. The van der Waals surface area contributed by atoms with Crippen molar-refractivity contribution >= 4 is 0 Å². The van der Waals surface area contributed by atoms with Crippen LogP contribution in [0, 0.1) is 5.92 Å². The van der Waals surface area contributed by atoms with Crippen LogP contribution in [0.4, 0.5) is 0 Å². The lowest BCUT2D eigenvalue weighted by Crippen LogP contribution is -2.28. The van der Waals surface area contributed by atoms with E-state index in [1.54, 1.807) is 5.56 Å².